The predicted octanol–water partition coefficient (Wildman–Crippen LogP) is 4.61. The lowest BCUT2D eigenvalue weighted by Crippen LogP contribution is -2.15. The van der Waals surface area contributed by atoms with Crippen molar-refractivity contribution < 1.29 is 4.52 Å². The summed E-state index contributed by atoms with van der Waals surface area (Å²) in [5.74, 6) is 0.763. The molecule has 0 atom stereocenters. The summed E-state index contributed by atoms with van der Waals surface area (Å²) in [5, 5.41) is 0.900. The van der Waals surface area contributed by atoms with Crippen molar-refractivity contribution in [1.82, 2.24) is 0 Å². The van der Waals surface area contributed by atoms with Crippen LogP contribution in [0.4, 0.5) is 0 Å². The highest BCUT2D eigenvalue weighted by Gasteiger charge is 2.48. The van der Waals surface area contributed by atoms with Gasteiger partial charge in [-0.3, -0.25) is 0 Å². The monoisotopic (exact) mass is 269 g/mol. The van der Waals surface area contributed by atoms with Crippen molar-refractivity contribution in [3.05, 3.63) is 48.5 Å². The van der Waals surface area contributed by atoms with E-state index in [2.05, 4.69) is 0 Å². The Hall–Kier alpha value is -0.750. The highest BCUT2D eigenvalue weighted by Crippen LogP contribution is 2.71. The normalized spacial score (nSPS) is 15.9. The van der Waals surface area contributed by atoms with E-state index < -0.39 is 6.19 Å². The maximum Gasteiger partial charge on any atom is 0.415 e. The summed E-state index contributed by atoms with van der Waals surface area (Å²) in [5.41, 5.74) is 2.12. The van der Waals surface area contributed by atoms with E-state index in [0.717, 1.165) is 22.2 Å². The van der Waals surface area contributed by atoms with E-state index in [1.807, 2.05) is 48.5 Å². The van der Waals surface area contributed by atoms with Crippen LogP contribution in [0.1, 0.15) is 0 Å². The molecule has 0 fully saturated rings. The fourth-order valence-electron chi connectivity index (χ4n) is 1.87. The van der Waals surface area contributed by atoms with Crippen LogP contribution in [0.3, 0.4) is 0 Å². The molecule has 80 valence electrons. The lowest BCUT2D eigenvalue weighted by Gasteiger charge is -2.20. The van der Waals surface area contributed by atoms with Crippen LogP contribution in [-0.4, -0.2) is 0 Å². The molecule has 0 aliphatic carbocycles. The zero-order chi connectivity index (χ0) is 11.2. The second-order valence-electron chi connectivity index (χ2n) is 3.57. The third-order valence-corrected chi connectivity index (χ3v) is 5.46. The van der Waals surface area contributed by atoms with Gasteiger partial charge < -0.3 is 4.52 Å². The average Bonchev–Trinajstić information content (AvgIpc) is 2.29. The topological polar surface area (TPSA) is 9.23 Å². The van der Waals surface area contributed by atoms with Crippen LogP contribution in [-0.2, 0) is 0 Å². The van der Waals surface area contributed by atoms with Crippen molar-refractivity contribution in [3.63, 3.8) is 0 Å². The highest BCUT2D eigenvalue weighted by molar-refractivity contribution is 8.19. The lowest BCUT2D eigenvalue weighted by atomic mass is 10.0. The largest absolute Gasteiger partial charge is 0.415 e. The first-order valence-electron chi connectivity index (χ1n) is 4.85. The van der Waals surface area contributed by atoms with Crippen LogP contribution in [0.2, 0.25) is 0 Å². The van der Waals surface area contributed by atoms with Crippen LogP contribution >= 0.6 is 28.7 Å². The molecular weight excluding hydrogens is 262 g/mol. The summed E-state index contributed by atoms with van der Waals surface area (Å²) >= 11 is 12.6. The molecule has 1 aliphatic rings. The molecule has 1 aliphatic heterocycles. The molecule has 0 spiro atoms. The van der Waals surface area contributed by atoms with Gasteiger partial charge >= 0.3 is 6.19 Å². The second kappa shape index (κ2) is 3.63. The minimum Gasteiger partial charge on any atom is -0.307 e. The molecule has 4 heteroatoms. The van der Waals surface area contributed by atoms with E-state index in [0.29, 0.717) is 0 Å². The van der Waals surface area contributed by atoms with Crippen LogP contribution in [0.25, 0.3) is 11.1 Å². The van der Waals surface area contributed by atoms with Crippen molar-refractivity contribution in [2.24, 2.45) is 0 Å². The zero-order valence-corrected chi connectivity index (χ0v) is 10.6. The van der Waals surface area contributed by atoms with Crippen molar-refractivity contribution in [2.75, 3.05) is 0 Å². The number of para-hydroxylation sites is 1. The Balaban J connectivity index is 2.33. The third kappa shape index (κ3) is 1.51. The molecule has 0 saturated carbocycles. The molecule has 1 nitrogen and oxygen atoms in total. The summed E-state index contributed by atoms with van der Waals surface area (Å²) in [7, 11) is 0. The Labute approximate surface area is 104 Å². The van der Waals surface area contributed by atoms with Crippen molar-refractivity contribution >= 4 is 34.0 Å². The number of hydrogen-bond donors (Lipinski definition) is 0. The van der Waals surface area contributed by atoms with E-state index in [4.69, 9.17) is 27.0 Å². The number of hydrogen-bond acceptors (Lipinski definition) is 1. The standard InChI is InChI=1S/C12H8Cl2OP/c13-16(14)12-8-4-2-6-10(12)9-5-1-3-7-11(9)15-16/h1-8H/q+1. The fraction of sp³-hybridized carbons (Fsp3) is 0. The summed E-state index contributed by atoms with van der Waals surface area (Å²) in [6.45, 7) is 0. The zero-order valence-electron chi connectivity index (χ0n) is 8.23. The predicted molar refractivity (Wildman–Crippen MR) is 70.8 cm³/mol. The Morgan fingerprint density at radius 1 is 0.812 bits per heavy atom. The van der Waals surface area contributed by atoms with Gasteiger partial charge in [0.05, 0.1) is 0 Å². The van der Waals surface area contributed by atoms with Gasteiger partial charge in [0.25, 0.3) is 0 Å². The van der Waals surface area contributed by atoms with Gasteiger partial charge in [0.1, 0.15) is 0 Å². The smallest absolute Gasteiger partial charge is 0.307 e. The van der Waals surface area contributed by atoms with E-state index in [1.54, 1.807) is 0 Å². The van der Waals surface area contributed by atoms with Gasteiger partial charge in [-0.2, -0.15) is 0 Å². The first-order valence-corrected chi connectivity index (χ1v) is 8.37. The number of halogens is 2. The van der Waals surface area contributed by atoms with Crippen molar-refractivity contribution in [2.45, 2.75) is 0 Å². The first kappa shape index (κ1) is 10.4. The maximum absolute atomic E-state index is 6.28. The van der Waals surface area contributed by atoms with Gasteiger partial charge in [-0.15, -0.1) is 0 Å². The minimum absolute atomic E-state index is 0.763. The molecule has 16 heavy (non-hydrogen) atoms. The van der Waals surface area contributed by atoms with Crippen LogP contribution in [0.15, 0.2) is 48.5 Å². The highest BCUT2D eigenvalue weighted by atomic mass is 35.9. The lowest BCUT2D eigenvalue weighted by molar-refractivity contribution is 0.628. The molecule has 0 amide bonds. The molecule has 2 aromatic carbocycles. The number of rotatable bonds is 0. The maximum atomic E-state index is 6.28. The van der Waals surface area contributed by atoms with Crippen molar-refractivity contribution in [3.8, 4) is 16.9 Å². The molecule has 0 radical (unpaired) electrons. The third-order valence-electron chi connectivity index (χ3n) is 2.57. The van der Waals surface area contributed by atoms with Gasteiger partial charge in [-0.25, -0.2) is 0 Å². The summed E-state index contributed by atoms with van der Waals surface area (Å²) in [6, 6.07) is 15.7. The Morgan fingerprint density at radius 3 is 2.25 bits per heavy atom. The summed E-state index contributed by atoms with van der Waals surface area (Å²) in [4.78, 5) is 0. The molecule has 3 rings (SSSR count). The molecule has 2 aromatic rings. The molecule has 0 N–H and O–H groups in total. The van der Waals surface area contributed by atoms with Crippen LogP contribution in [0, 0.1) is 0 Å². The molecule has 1 heterocycles. The molecular formula is C12H8Cl2OP+. The van der Waals surface area contributed by atoms with Crippen LogP contribution < -0.4 is 9.83 Å². The SMILES string of the molecule is Cl[P+]1(Cl)Oc2ccccc2-c2ccccc21. The quantitative estimate of drug-likeness (QED) is 0.635. The Morgan fingerprint density at radius 2 is 1.44 bits per heavy atom. The second-order valence-corrected chi connectivity index (χ2v) is 8.53. The average molecular weight is 270 g/mol. The van der Waals surface area contributed by atoms with Gasteiger partial charge in [0, 0.05) is 11.1 Å². The minimum atomic E-state index is -2.51. The Bertz CT molecular complexity index is 554. The van der Waals surface area contributed by atoms with E-state index in [1.165, 1.54) is 0 Å². The van der Waals surface area contributed by atoms with Crippen LogP contribution in [0.5, 0.6) is 5.75 Å². The van der Waals surface area contributed by atoms with E-state index >= 15 is 0 Å². The summed E-state index contributed by atoms with van der Waals surface area (Å²) in [6.07, 6.45) is -2.51. The Kier molecular flexibility index (Phi) is 2.36. The molecule has 0 saturated heterocycles. The van der Waals surface area contributed by atoms with E-state index in [9.17, 15) is 0 Å². The van der Waals surface area contributed by atoms with Crippen molar-refractivity contribution in [1.29, 1.82) is 0 Å². The van der Waals surface area contributed by atoms with Gasteiger partial charge in [-0.1, -0.05) is 36.4 Å². The number of fused-ring (bicyclic) bond motifs is 3. The van der Waals surface area contributed by atoms with Gasteiger partial charge in [0.2, 0.25) is 0 Å². The number of benzene rings is 2. The fourth-order valence-corrected chi connectivity index (χ4v) is 4.44. The molecule has 0 bridgehead atoms. The van der Waals surface area contributed by atoms with Gasteiger partial charge in [0.15, 0.2) is 33.5 Å². The molecule has 0 unspecified atom stereocenters. The summed E-state index contributed by atoms with van der Waals surface area (Å²) < 4.78 is 5.69. The first-order chi connectivity index (χ1) is 7.68. The molecule has 0 aromatic heterocycles. The van der Waals surface area contributed by atoms with Gasteiger partial charge in [-0.05, 0) is 12.1 Å². The van der Waals surface area contributed by atoms with E-state index in [-0.39, 0.29) is 0 Å².